The van der Waals surface area contributed by atoms with E-state index < -0.39 is 5.60 Å². The molecular weight excluding hydrogens is 318 g/mol. The van der Waals surface area contributed by atoms with Crippen LogP contribution in [0.25, 0.3) is 0 Å². The van der Waals surface area contributed by atoms with Crippen molar-refractivity contribution in [1.82, 2.24) is 4.90 Å². The molecule has 0 aromatic rings. The number of unbranched alkanes of at least 4 members (excludes halogenated alkanes) is 1. The highest BCUT2D eigenvalue weighted by molar-refractivity contribution is 5.68. The molecule has 0 radical (unpaired) electrons. The molecule has 2 fully saturated rings. The lowest BCUT2D eigenvalue weighted by Crippen LogP contribution is -2.36. The monoisotopic (exact) mass is 357 g/mol. The fraction of sp³-hybridized carbons (Fsp3) is 0.950. The Balaban J connectivity index is 0.00000151. The molecule has 0 bridgehead atoms. The van der Waals surface area contributed by atoms with Gasteiger partial charge in [-0.25, -0.2) is 4.79 Å². The van der Waals surface area contributed by atoms with E-state index >= 15 is 0 Å². The van der Waals surface area contributed by atoms with Crippen LogP contribution in [0.3, 0.4) is 0 Å². The molecule has 0 saturated carbocycles. The molecule has 4 unspecified atom stereocenters. The Kier molecular flexibility index (Phi) is 9.22. The summed E-state index contributed by atoms with van der Waals surface area (Å²) < 4.78 is 11.6. The summed E-state index contributed by atoms with van der Waals surface area (Å²) in [6.07, 6.45) is 3.91. The molecule has 1 amide bonds. The van der Waals surface area contributed by atoms with Crippen molar-refractivity contribution in [3.63, 3.8) is 0 Å². The van der Waals surface area contributed by atoms with Crippen LogP contribution < -0.4 is 0 Å². The molecule has 0 aromatic carbocycles. The zero-order valence-corrected chi connectivity index (χ0v) is 17.1. The lowest BCUT2D eigenvalue weighted by Gasteiger charge is -2.28. The van der Waals surface area contributed by atoms with Gasteiger partial charge < -0.3 is 19.5 Å². The second-order valence-corrected chi connectivity index (χ2v) is 8.09. The van der Waals surface area contributed by atoms with Crippen LogP contribution in [-0.2, 0) is 9.47 Å². The standard InChI is InChI=1S/C18H33NO4.C2H6/c1-13-15-12-19(17(21)23-18(2,3)4)11-14(15)8-10-22-16(13)7-5-6-9-20;1-2/h13-16,20H,5-12H2,1-4H3;1-2H3. The minimum atomic E-state index is -0.441. The first-order valence-electron chi connectivity index (χ1n) is 10.0. The van der Waals surface area contributed by atoms with Gasteiger partial charge in [0.25, 0.3) is 0 Å². The van der Waals surface area contributed by atoms with Crippen molar-refractivity contribution in [2.24, 2.45) is 17.8 Å². The lowest BCUT2D eigenvalue weighted by atomic mass is 9.80. The van der Waals surface area contributed by atoms with Crippen LogP contribution in [0.15, 0.2) is 0 Å². The van der Waals surface area contributed by atoms with Gasteiger partial charge in [-0.15, -0.1) is 0 Å². The van der Waals surface area contributed by atoms with Gasteiger partial charge in [-0.05, 0) is 64.2 Å². The minimum absolute atomic E-state index is 0.185. The smallest absolute Gasteiger partial charge is 0.410 e. The van der Waals surface area contributed by atoms with Crippen LogP contribution in [0.1, 0.15) is 67.2 Å². The summed E-state index contributed by atoms with van der Waals surface area (Å²) in [5, 5.41) is 8.96. The number of aliphatic hydroxyl groups is 1. The summed E-state index contributed by atoms with van der Waals surface area (Å²) in [4.78, 5) is 14.2. The number of fused-ring (bicyclic) bond motifs is 1. The highest BCUT2D eigenvalue weighted by atomic mass is 16.6. The van der Waals surface area contributed by atoms with Gasteiger partial charge in [-0.1, -0.05) is 20.8 Å². The van der Waals surface area contributed by atoms with E-state index in [1.807, 2.05) is 39.5 Å². The third-order valence-corrected chi connectivity index (χ3v) is 5.12. The van der Waals surface area contributed by atoms with Gasteiger partial charge in [0, 0.05) is 26.3 Å². The molecule has 0 aromatic heterocycles. The van der Waals surface area contributed by atoms with E-state index in [-0.39, 0.29) is 18.8 Å². The molecule has 5 heteroatoms. The van der Waals surface area contributed by atoms with Crippen molar-refractivity contribution in [3.05, 3.63) is 0 Å². The number of hydrogen-bond acceptors (Lipinski definition) is 4. The zero-order valence-electron chi connectivity index (χ0n) is 17.1. The van der Waals surface area contributed by atoms with Crippen LogP contribution in [0.2, 0.25) is 0 Å². The van der Waals surface area contributed by atoms with Gasteiger partial charge in [-0.3, -0.25) is 0 Å². The van der Waals surface area contributed by atoms with Crippen molar-refractivity contribution in [1.29, 1.82) is 0 Å². The van der Waals surface area contributed by atoms with E-state index in [1.54, 1.807) is 0 Å². The van der Waals surface area contributed by atoms with E-state index in [1.165, 1.54) is 0 Å². The highest BCUT2D eigenvalue weighted by Crippen LogP contribution is 2.38. The van der Waals surface area contributed by atoms with Gasteiger partial charge in [0.15, 0.2) is 0 Å². The molecule has 2 heterocycles. The zero-order chi connectivity index (χ0) is 19.0. The maximum Gasteiger partial charge on any atom is 0.410 e. The maximum absolute atomic E-state index is 12.3. The first kappa shape index (κ1) is 22.2. The van der Waals surface area contributed by atoms with Crippen molar-refractivity contribution in [2.75, 3.05) is 26.3 Å². The molecule has 2 saturated heterocycles. The molecule has 5 nitrogen and oxygen atoms in total. The molecule has 0 spiro atoms. The highest BCUT2D eigenvalue weighted by Gasteiger charge is 2.43. The third-order valence-electron chi connectivity index (χ3n) is 5.12. The van der Waals surface area contributed by atoms with Gasteiger partial charge in [0.1, 0.15) is 5.60 Å². The second-order valence-electron chi connectivity index (χ2n) is 8.09. The van der Waals surface area contributed by atoms with E-state index in [0.717, 1.165) is 45.4 Å². The quantitative estimate of drug-likeness (QED) is 0.770. The molecular formula is C20H39NO4. The Morgan fingerprint density at radius 3 is 2.52 bits per heavy atom. The first-order chi connectivity index (χ1) is 11.8. The Morgan fingerprint density at radius 1 is 1.24 bits per heavy atom. The third kappa shape index (κ3) is 6.78. The van der Waals surface area contributed by atoms with Crippen molar-refractivity contribution < 1.29 is 19.4 Å². The summed E-state index contributed by atoms with van der Waals surface area (Å²) in [6.45, 7) is 14.6. The fourth-order valence-corrected chi connectivity index (χ4v) is 3.87. The largest absolute Gasteiger partial charge is 0.444 e. The predicted molar refractivity (Wildman–Crippen MR) is 101 cm³/mol. The van der Waals surface area contributed by atoms with Crippen LogP contribution in [-0.4, -0.2) is 54.1 Å². The molecule has 0 aliphatic carbocycles. The lowest BCUT2D eigenvalue weighted by molar-refractivity contribution is 0.00568. The number of amides is 1. The van der Waals surface area contributed by atoms with Crippen LogP contribution >= 0.6 is 0 Å². The Bertz CT molecular complexity index is 394. The van der Waals surface area contributed by atoms with Crippen molar-refractivity contribution in [3.8, 4) is 0 Å². The number of aliphatic hydroxyl groups excluding tert-OH is 1. The van der Waals surface area contributed by atoms with E-state index in [4.69, 9.17) is 14.6 Å². The molecule has 148 valence electrons. The Labute approximate surface area is 154 Å². The van der Waals surface area contributed by atoms with Crippen molar-refractivity contribution in [2.45, 2.75) is 78.9 Å². The normalized spacial score (nSPS) is 29.3. The SMILES string of the molecule is CC.CC1C(CCCCO)OCCC2CN(C(=O)OC(C)(C)C)CC21. The molecule has 1 N–H and O–H groups in total. The molecule has 25 heavy (non-hydrogen) atoms. The maximum atomic E-state index is 12.3. The molecule has 2 rings (SSSR count). The van der Waals surface area contributed by atoms with Gasteiger partial charge in [-0.2, -0.15) is 0 Å². The van der Waals surface area contributed by atoms with E-state index in [0.29, 0.717) is 17.8 Å². The number of carbonyl (C=O) groups is 1. The Morgan fingerprint density at radius 2 is 1.92 bits per heavy atom. The molecule has 4 atom stereocenters. The number of carbonyl (C=O) groups excluding carboxylic acids is 1. The number of nitrogens with zero attached hydrogens (tertiary/aromatic N) is 1. The minimum Gasteiger partial charge on any atom is -0.444 e. The summed E-state index contributed by atoms with van der Waals surface area (Å²) in [5.41, 5.74) is -0.441. The fourth-order valence-electron chi connectivity index (χ4n) is 3.87. The number of ether oxygens (including phenoxy) is 2. The number of likely N-dealkylation sites (tertiary alicyclic amines) is 1. The van der Waals surface area contributed by atoms with Gasteiger partial charge >= 0.3 is 6.09 Å². The number of hydrogen-bond donors (Lipinski definition) is 1. The second kappa shape index (κ2) is 10.4. The Hall–Kier alpha value is -0.810. The van der Waals surface area contributed by atoms with E-state index in [2.05, 4.69) is 6.92 Å². The summed E-state index contributed by atoms with van der Waals surface area (Å²) >= 11 is 0. The average molecular weight is 358 g/mol. The predicted octanol–water partition coefficient (Wildman–Crippen LogP) is 4.08. The van der Waals surface area contributed by atoms with Crippen LogP contribution in [0.5, 0.6) is 0 Å². The summed E-state index contributed by atoms with van der Waals surface area (Å²) in [5.74, 6) is 1.44. The number of rotatable bonds is 4. The van der Waals surface area contributed by atoms with Gasteiger partial charge in [0.05, 0.1) is 6.10 Å². The first-order valence-corrected chi connectivity index (χ1v) is 10.0. The summed E-state index contributed by atoms with van der Waals surface area (Å²) in [7, 11) is 0. The van der Waals surface area contributed by atoms with Crippen LogP contribution in [0, 0.1) is 17.8 Å². The topological polar surface area (TPSA) is 59.0 Å². The van der Waals surface area contributed by atoms with Crippen molar-refractivity contribution >= 4 is 6.09 Å². The van der Waals surface area contributed by atoms with Crippen LogP contribution in [0.4, 0.5) is 4.79 Å². The summed E-state index contributed by atoms with van der Waals surface area (Å²) in [6, 6.07) is 0. The van der Waals surface area contributed by atoms with Gasteiger partial charge in [0.2, 0.25) is 0 Å². The molecule has 2 aliphatic heterocycles. The average Bonchev–Trinajstić information content (AvgIpc) is 2.92. The molecule has 2 aliphatic rings. The van der Waals surface area contributed by atoms with E-state index in [9.17, 15) is 4.79 Å².